The predicted octanol–water partition coefficient (Wildman–Crippen LogP) is 4.31. The normalized spacial score (nSPS) is 15.8. The van der Waals surface area contributed by atoms with Crippen molar-refractivity contribution in [1.29, 1.82) is 0 Å². The monoisotopic (exact) mass is 326 g/mol. The zero-order chi connectivity index (χ0) is 16.9. The van der Waals surface area contributed by atoms with Crippen molar-refractivity contribution < 1.29 is 9.18 Å². The topological polar surface area (TPSA) is 32.3 Å². The minimum absolute atomic E-state index is 0.114. The fraction of sp³-hybridized carbons (Fsp3) is 0.350. The molecule has 2 aromatic rings. The van der Waals surface area contributed by atoms with Gasteiger partial charge in [-0.15, -0.1) is 0 Å². The molecule has 1 amide bonds. The summed E-state index contributed by atoms with van der Waals surface area (Å²) in [6.45, 7) is 4.08. The largest absolute Gasteiger partial charge is 0.372 e. The van der Waals surface area contributed by atoms with Gasteiger partial charge in [-0.25, -0.2) is 4.39 Å². The Morgan fingerprint density at radius 1 is 1.00 bits per heavy atom. The summed E-state index contributed by atoms with van der Waals surface area (Å²) in [5.41, 5.74) is 2.71. The van der Waals surface area contributed by atoms with E-state index >= 15 is 0 Å². The second kappa shape index (κ2) is 7.47. The van der Waals surface area contributed by atoms with Gasteiger partial charge in [0.2, 0.25) is 0 Å². The summed E-state index contributed by atoms with van der Waals surface area (Å²) in [6, 6.07) is 13.8. The molecule has 3 nitrogen and oxygen atoms in total. The molecule has 1 saturated heterocycles. The van der Waals surface area contributed by atoms with E-state index in [0.717, 1.165) is 18.7 Å². The zero-order valence-electron chi connectivity index (χ0n) is 14.0. The minimum Gasteiger partial charge on any atom is -0.372 e. The van der Waals surface area contributed by atoms with E-state index in [9.17, 15) is 9.18 Å². The quantitative estimate of drug-likeness (QED) is 0.908. The van der Waals surface area contributed by atoms with Gasteiger partial charge in [0.15, 0.2) is 0 Å². The Balaban J connectivity index is 1.63. The van der Waals surface area contributed by atoms with E-state index in [4.69, 9.17) is 0 Å². The number of halogens is 1. The van der Waals surface area contributed by atoms with Gasteiger partial charge in [0.25, 0.3) is 5.91 Å². The molecule has 24 heavy (non-hydrogen) atoms. The molecule has 1 aliphatic heterocycles. The van der Waals surface area contributed by atoms with Crippen LogP contribution in [-0.4, -0.2) is 19.0 Å². The molecule has 1 fully saturated rings. The van der Waals surface area contributed by atoms with E-state index in [1.54, 1.807) is 12.1 Å². The summed E-state index contributed by atoms with van der Waals surface area (Å²) < 4.78 is 13.0. The van der Waals surface area contributed by atoms with E-state index in [1.807, 2.05) is 31.2 Å². The van der Waals surface area contributed by atoms with Crippen molar-refractivity contribution in [1.82, 2.24) is 5.32 Å². The molecular weight excluding hydrogens is 303 g/mol. The Morgan fingerprint density at radius 2 is 1.62 bits per heavy atom. The molecule has 1 aliphatic rings. The summed E-state index contributed by atoms with van der Waals surface area (Å²) in [6.07, 6.45) is 3.77. The van der Waals surface area contributed by atoms with Gasteiger partial charge in [-0.1, -0.05) is 12.1 Å². The number of piperidine rings is 1. The molecule has 0 radical (unpaired) electrons. The van der Waals surface area contributed by atoms with Crippen LogP contribution >= 0.6 is 0 Å². The molecule has 1 N–H and O–H groups in total. The number of benzene rings is 2. The third kappa shape index (κ3) is 3.94. The first-order valence-corrected chi connectivity index (χ1v) is 8.55. The number of anilines is 1. The van der Waals surface area contributed by atoms with E-state index in [1.165, 1.54) is 37.1 Å². The third-order valence-corrected chi connectivity index (χ3v) is 4.57. The Kier molecular flexibility index (Phi) is 5.14. The van der Waals surface area contributed by atoms with Crippen LogP contribution in [0.25, 0.3) is 0 Å². The Morgan fingerprint density at radius 3 is 2.25 bits per heavy atom. The highest BCUT2D eigenvalue weighted by atomic mass is 19.1. The van der Waals surface area contributed by atoms with Crippen molar-refractivity contribution in [3.05, 3.63) is 65.5 Å². The molecule has 0 spiro atoms. The maximum atomic E-state index is 13.0. The Labute approximate surface area is 142 Å². The SMILES string of the molecule is CC(NC(=O)c1ccc(N2CCCCC2)cc1)c1ccc(F)cc1. The van der Waals surface area contributed by atoms with Gasteiger partial charge in [-0.2, -0.15) is 0 Å². The molecule has 0 saturated carbocycles. The molecule has 0 aromatic heterocycles. The van der Waals surface area contributed by atoms with Crippen LogP contribution in [0.2, 0.25) is 0 Å². The minimum atomic E-state index is -0.273. The number of amides is 1. The number of hydrogen-bond donors (Lipinski definition) is 1. The molecule has 1 unspecified atom stereocenters. The second-order valence-electron chi connectivity index (χ2n) is 6.34. The van der Waals surface area contributed by atoms with Crippen LogP contribution in [0.15, 0.2) is 48.5 Å². The molecule has 4 heteroatoms. The van der Waals surface area contributed by atoms with Gasteiger partial charge in [0.1, 0.15) is 5.82 Å². The molecule has 1 atom stereocenters. The maximum absolute atomic E-state index is 13.0. The maximum Gasteiger partial charge on any atom is 0.251 e. The van der Waals surface area contributed by atoms with Crippen LogP contribution in [0.5, 0.6) is 0 Å². The summed E-state index contributed by atoms with van der Waals surface area (Å²) in [5, 5.41) is 2.96. The molecule has 0 bridgehead atoms. The lowest BCUT2D eigenvalue weighted by molar-refractivity contribution is 0.0940. The molecule has 126 valence electrons. The van der Waals surface area contributed by atoms with Crippen molar-refractivity contribution in [3.63, 3.8) is 0 Å². The third-order valence-electron chi connectivity index (χ3n) is 4.57. The van der Waals surface area contributed by atoms with Crippen LogP contribution in [0, 0.1) is 5.82 Å². The fourth-order valence-electron chi connectivity index (χ4n) is 3.09. The molecule has 1 heterocycles. The molecule has 2 aromatic carbocycles. The number of nitrogens with zero attached hydrogens (tertiary/aromatic N) is 1. The average Bonchev–Trinajstić information content (AvgIpc) is 2.63. The number of carbonyl (C=O) groups excluding carboxylic acids is 1. The van der Waals surface area contributed by atoms with Crippen molar-refractivity contribution in [2.75, 3.05) is 18.0 Å². The highest BCUT2D eigenvalue weighted by molar-refractivity contribution is 5.94. The predicted molar refractivity (Wildman–Crippen MR) is 94.8 cm³/mol. The number of hydrogen-bond acceptors (Lipinski definition) is 2. The highest BCUT2D eigenvalue weighted by Crippen LogP contribution is 2.20. The van der Waals surface area contributed by atoms with Gasteiger partial charge in [0, 0.05) is 24.3 Å². The Bertz CT molecular complexity index is 676. The van der Waals surface area contributed by atoms with Crippen molar-refractivity contribution in [2.24, 2.45) is 0 Å². The Hall–Kier alpha value is -2.36. The summed E-state index contributed by atoms with van der Waals surface area (Å²) >= 11 is 0. The molecular formula is C20H23FN2O. The average molecular weight is 326 g/mol. The van der Waals surface area contributed by atoms with Gasteiger partial charge in [0.05, 0.1) is 6.04 Å². The van der Waals surface area contributed by atoms with Crippen molar-refractivity contribution in [3.8, 4) is 0 Å². The van der Waals surface area contributed by atoms with Crippen LogP contribution in [-0.2, 0) is 0 Å². The second-order valence-corrected chi connectivity index (χ2v) is 6.34. The summed E-state index contributed by atoms with van der Waals surface area (Å²) in [7, 11) is 0. The van der Waals surface area contributed by atoms with Gasteiger partial charge >= 0.3 is 0 Å². The fourth-order valence-corrected chi connectivity index (χ4v) is 3.09. The van der Waals surface area contributed by atoms with Gasteiger partial charge in [-0.05, 0) is 68.1 Å². The van der Waals surface area contributed by atoms with Crippen LogP contribution in [0.1, 0.15) is 48.1 Å². The smallest absolute Gasteiger partial charge is 0.251 e. The van der Waals surface area contributed by atoms with Crippen LogP contribution in [0.3, 0.4) is 0 Å². The number of rotatable bonds is 4. The van der Waals surface area contributed by atoms with Crippen LogP contribution < -0.4 is 10.2 Å². The first-order valence-electron chi connectivity index (χ1n) is 8.55. The van der Waals surface area contributed by atoms with E-state index in [2.05, 4.69) is 10.2 Å². The lowest BCUT2D eigenvalue weighted by atomic mass is 10.1. The zero-order valence-corrected chi connectivity index (χ0v) is 14.0. The van der Waals surface area contributed by atoms with Gasteiger partial charge < -0.3 is 10.2 Å². The van der Waals surface area contributed by atoms with E-state index in [-0.39, 0.29) is 17.8 Å². The first kappa shape index (κ1) is 16.5. The molecule has 3 rings (SSSR count). The number of nitrogens with one attached hydrogen (secondary N) is 1. The number of carbonyl (C=O) groups is 1. The summed E-state index contributed by atoms with van der Waals surface area (Å²) in [4.78, 5) is 14.8. The van der Waals surface area contributed by atoms with Crippen molar-refractivity contribution in [2.45, 2.75) is 32.2 Å². The van der Waals surface area contributed by atoms with E-state index < -0.39 is 0 Å². The highest BCUT2D eigenvalue weighted by Gasteiger charge is 2.14. The van der Waals surface area contributed by atoms with Crippen LogP contribution in [0.4, 0.5) is 10.1 Å². The van der Waals surface area contributed by atoms with E-state index in [0.29, 0.717) is 5.56 Å². The molecule has 0 aliphatic carbocycles. The summed E-state index contributed by atoms with van der Waals surface area (Å²) in [5.74, 6) is -0.386. The van der Waals surface area contributed by atoms with Crippen molar-refractivity contribution >= 4 is 11.6 Å². The lowest BCUT2D eigenvalue weighted by Crippen LogP contribution is -2.29. The standard InChI is InChI=1S/C20H23FN2O/c1-15(16-5-9-18(21)10-6-16)22-20(24)17-7-11-19(12-8-17)23-13-3-2-4-14-23/h5-12,15H,2-4,13-14H2,1H3,(H,22,24). The lowest BCUT2D eigenvalue weighted by Gasteiger charge is -2.28. The first-order chi connectivity index (χ1) is 11.6. The van der Waals surface area contributed by atoms with Gasteiger partial charge in [-0.3, -0.25) is 4.79 Å².